The van der Waals surface area contributed by atoms with E-state index in [1.165, 1.54) is 23.6 Å². The Labute approximate surface area is 182 Å². The molecule has 0 spiro atoms. The molecule has 1 saturated heterocycles. The highest BCUT2D eigenvalue weighted by Crippen LogP contribution is 2.43. The lowest BCUT2D eigenvalue weighted by atomic mass is 9.93. The molecule has 0 radical (unpaired) electrons. The van der Waals surface area contributed by atoms with Gasteiger partial charge in [-0.2, -0.15) is 4.68 Å². The molecule has 1 fully saturated rings. The molecule has 2 aromatic rings. The number of halogens is 2. The van der Waals surface area contributed by atoms with Crippen LogP contribution in [0, 0.1) is 12.8 Å². The number of piperidine rings is 1. The van der Waals surface area contributed by atoms with Crippen molar-refractivity contribution in [1.82, 2.24) is 19.7 Å². The summed E-state index contributed by atoms with van der Waals surface area (Å²) >= 11 is 13.8. The maximum Gasteiger partial charge on any atom is 0.308 e. The summed E-state index contributed by atoms with van der Waals surface area (Å²) in [6.07, 6.45) is 1.36. The number of fused-ring (bicyclic) bond motifs is 1. The zero-order valence-electron chi connectivity index (χ0n) is 16.0. The second-order valence-electron chi connectivity index (χ2n) is 7.18. The van der Waals surface area contributed by atoms with Gasteiger partial charge in [0.15, 0.2) is 5.16 Å². The number of nitrogens with zero attached hydrogens (tertiary/aromatic N) is 4. The van der Waals surface area contributed by atoms with Crippen molar-refractivity contribution in [3.05, 3.63) is 39.6 Å². The highest BCUT2D eigenvalue weighted by Gasteiger charge is 2.44. The Hall–Kier alpha value is -1.61. The van der Waals surface area contributed by atoms with Crippen molar-refractivity contribution >= 4 is 46.8 Å². The first-order chi connectivity index (χ1) is 13.9. The lowest BCUT2D eigenvalue weighted by molar-refractivity contribution is -0.147. The predicted octanol–water partition coefficient (Wildman–Crippen LogP) is 3.63. The first-order valence-electron chi connectivity index (χ1n) is 9.30. The molecule has 0 saturated carbocycles. The third-order valence-corrected chi connectivity index (χ3v) is 7.32. The Bertz CT molecular complexity index is 959. The minimum atomic E-state index is -0.405. The van der Waals surface area contributed by atoms with Gasteiger partial charge in [0.1, 0.15) is 11.1 Å². The summed E-state index contributed by atoms with van der Waals surface area (Å²) in [5, 5.41) is 5.34. The van der Waals surface area contributed by atoms with Gasteiger partial charge < -0.3 is 4.74 Å². The van der Waals surface area contributed by atoms with Gasteiger partial charge in [-0.05, 0) is 50.6 Å². The number of carbonyl (C=O) groups excluding carboxylic acids is 2. The van der Waals surface area contributed by atoms with E-state index in [0.717, 1.165) is 5.56 Å². The van der Waals surface area contributed by atoms with E-state index in [9.17, 15) is 9.59 Å². The van der Waals surface area contributed by atoms with Crippen LogP contribution in [0.3, 0.4) is 0 Å². The number of benzene rings is 1. The van der Waals surface area contributed by atoms with E-state index in [1.807, 2.05) is 12.1 Å². The molecule has 4 rings (SSSR count). The van der Waals surface area contributed by atoms with Crippen LogP contribution in [0.4, 0.5) is 0 Å². The molecule has 2 aliphatic rings. The molecule has 10 heteroatoms. The largest absolute Gasteiger partial charge is 0.469 e. The Morgan fingerprint density at radius 3 is 2.62 bits per heavy atom. The topological polar surface area (TPSA) is 77.3 Å². The van der Waals surface area contributed by atoms with Gasteiger partial charge in [0.25, 0.3) is 5.91 Å². The number of ether oxygens (including phenoxy) is 1. The summed E-state index contributed by atoms with van der Waals surface area (Å²) in [6, 6.07) is 5.23. The molecule has 0 amide bonds. The summed E-state index contributed by atoms with van der Waals surface area (Å²) in [6.45, 7) is 3.11. The van der Waals surface area contributed by atoms with Crippen LogP contribution >= 0.6 is 35.0 Å². The van der Waals surface area contributed by atoms with E-state index in [2.05, 4.69) is 15.0 Å². The number of hydrogen-bond donors (Lipinski definition) is 0. The SMILES string of the molecule is COC(=O)C1CCN(C(c2ccc(Cl)c(Cl)c2)C2Sc3nc(C)nn3C2=O)CC1. The normalized spacial score (nSPS) is 21.2. The first-order valence-corrected chi connectivity index (χ1v) is 10.9. The fourth-order valence-electron chi connectivity index (χ4n) is 3.95. The Balaban J connectivity index is 1.64. The average molecular weight is 455 g/mol. The van der Waals surface area contributed by atoms with Crippen LogP contribution in [0.25, 0.3) is 0 Å². The summed E-state index contributed by atoms with van der Waals surface area (Å²) in [5.41, 5.74) is 0.907. The highest BCUT2D eigenvalue weighted by molar-refractivity contribution is 8.00. The van der Waals surface area contributed by atoms with Crippen molar-refractivity contribution in [1.29, 1.82) is 0 Å². The molecule has 2 aliphatic heterocycles. The number of esters is 1. The monoisotopic (exact) mass is 454 g/mol. The third kappa shape index (κ3) is 3.91. The molecule has 29 heavy (non-hydrogen) atoms. The van der Waals surface area contributed by atoms with Gasteiger partial charge in [0, 0.05) is 0 Å². The van der Waals surface area contributed by atoms with Gasteiger partial charge in [-0.15, -0.1) is 5.10 Å². The molecule has 7 nitrogen and oxygen atoms in total. The molecular weight excluding hydrogens is 435 g/mol. The van der Waals surface area contributed by atoms with Crippen molar-refractivity contribution in [2.75, 3.05) is 20.2 Å². The molecule has 1 aromatic heterocycles. The highest BCUT2D eigenvalue weighted by atomic mass is 35.5. The number of rotatable bonds is 4. The number of aromatic nitrogens is 3. The first kappa shape index (κ1) is 20.7. The fraction of sp³-hybridized carbons (Fsp3) is 0.474. The molecule has 2 atom stereocenters. The molecule has 1 aromatic carbocycles. The number of methoxy groups -OCH3 is 1. The van der Waals surface area contributed by atoms with Crippen LogP contribution < -0.4 is 0 Å². The van der Waals surface area contributed by atoms with Crippen LogP contribution in [0.5, 0.6) is 0 Å². The number of carbonyl (C=O) groups is 2. The van der Waals surface area contributed by atoms with Crippen LogP contribution in [0.1, 0.15) is 35.1 Å². The number of hydrogen-bond acceptors (Lipinski definition) is 7. The molecule has 154 valence electrons. The number of thioether (sulfide) groups is 1. The quantitative estimate of drug-likeness (QED) is 0.652. The minimum absolute atomic E-state index is 0.100. The smallest absolute Gasteiger partial charge is 0.308 e. The van der Waals surface area contributed by atoms with E-state index < -0.39 is 5.25 Å². The van der Waals surface area contributed by atoms with Crippen molar-refractivity contribution in [2.45, 2.75) is 36.2 Å². The maximum absolute atomic E-state index is 13.1. The van der Waals surface area contributed by atoms with Gasteiger partial charge in [-0.25, -0.2) is 4.98 Å². The molecule has 0 aliphatic carbocycles. The Kier molecular flexibility index (Phi) is 5.88. The van der Waals surface area contributed by atoms with Crippen LogP contribution in [-0.4, -0.2) is 57.0 Å². The van der Waals surface area contributed by atoms with Crippen molar-refractivity contribution in [2.24, 2.45) is 5.92 Å². The molecule has 0 bridgehead atoms. The van der Waals surface area contributed by atoms with Crippen LogP contribution in [0.2, 0.25) is 10.0 Å². The number of likely N-dealkylation sites (tertiary alicyclic amines) is 1. The number of aryl methyl sites for hydroxylation is 1. The van der Waals surface area contributed by atoms with E-state index in [0.29, 0.717) is 47.0 Å². The molecule has 2 unspecified atom stereocenters. The zero-order valence-corrected chi connectivity index (χ0v) is 18.3. The van der Waals surface area contributed by atoms with Gasteiger partial charge in [-0.3, -0.25) is 14.5 Å². The van der Waals surface area contributed by atoms with Gasteiger partial charge in [0.05, 0.1) is 29.1 Å². The van der Waals surface area contributed by atoms with Gasteiger partial charge >= 0.3 is 5.97 Å². The van der Waals surface area contributed by atoms with Crippen LogP contribution in [-0.2, 0) is 9.53 Å². The average Bonchev–Trinajstić information content (AvgIpc) is 3.22. The van der Waals surface area contributed by atoms with Gasteiger partial charge in [0.2, 0.25) is 0 Å². The second-order valence-corrected chi connectivity index (χ2v) is 9.10. The van der Waals surface area contributed by atoms with E-state index in [1.54, 1.807) is 13.0 Å². The summed E-state index contributed by atoms with van der Waals surface area (Å²) in [5.74, 6) is 0.181. The van der Waals surface area contributed by atoms with E-state index >= 15 is 0 Å². The Morgan fingerprint density at radius 2 is 2.00 bits per heavy atom. The molecule has 0 N–H and O–H groups in total. The second kappa shape index (κ2) is 8.26. The van der Waals surface area contributed by atoms with Crippen LogP contribution in [0.15, 0.2) is 23.4 Å². The van der Waals surface area contributed by atoms with Crippen molar-refractivity contribution < 1.29 is 14.3 Å². The van der Waals surface area contributed by atoms with Crippen molar-refractivity contribution in [3.63, 3.8) is 0 Å². The maximum atomic E-state index is 13.1. The van der Waals surface area contributed by atoms with E-state index in [-0.39, 0.29) is 23.8 Å². The van der Waals surface area contributed by atoms with Gasteiger partial charge in [-0.1, -0.05) is 41.0 Å². The van der Waals surface area contributed by atoms with Crippen molar-refractivity contribution in [3.8, 4) is 0 Å². The lowest BCUT2D eigenvalue weighted by Crippen LogP contribution is -2.44. The summed E-state index contributed by atoms with van der Waals surface area (Å²) in [7, 11) is 1.41. The summed E-state index contributed by atoms with van der Waals surface area (Å²) < 4.78 is 6.28. The fourth-order valence-corrected chi connectivity index (χ4v) is 5.56. The zero-order chi connectivity index (χ0) is 20.7. The minimum Gasteiger partial charge on any atom is -0.469 e. The molecule has 3 heterocycles. The van der Waals surface area contributed by atoms with E-state index in [4.69, 9.17) is 27.9 Å². The lowest BCUT2D eigenvalue weighted by Gasteiger charge is -2.38. The summed E-state index contributed by atoms with van der Waals surface area (Å²) in [4.78, 5) is 31.6. The Morgan fingerprint density at radius 1 is 1.28 bits per heavy atom. The third-order valence-electron chi connectivity index (χ3n) is 5.40. The molecular formula is C19H20Cl2N4O3S. The predicted molar refractivity (Wildman–Crippen MR) is 111 cm³/mol. The standard InChI is InChI=1S/C19H20Cl2N4O3S/c1-10-22-19-25(23-10)17(26)16(29-19)15(12-3-4-13(20)14(21)9-12)24-7-5-11(6-8-24)18(27)28-2/h3-4,9,11,15-16H,5-8H2,1-2H3.